The highest BCUT2D eigenvalue weighted by Gasteiger charge is 2.37. The molecule has 0 bridgehead atoms. The van der Waals surface area contributed by atoms with Crippen LogP contribution in [0.5, 0.6) is 0 Å². The number of aliphatic hydroxyl groups is 1. The van der Waals surface area contributed by atoms with Gasteiger partial charge in [-0.1, -0.05) is 44.4 Å². The predicted molar refractivity (Wildman–Crippen MR) is 68.2 cm³/mol. The van der Waals surface area contributed by atoms with Crippen molar-refractivity contribution in [2.75, 3.05) is 0 Å². The first-order valence-corrected chi connectivity index (χ1v) is 6.52. The van der Waals surface area contributed by atoms with Crippen LogP contribution in [0, 0.1) is 0 Å². The first-order chi connectivity index (χ1) is 8.15. The van der Waals surface area contributed by atoms with Gasteiger partial charge in [-0.3, -0.25) is 4.79 Å². The standard InChI is InChI=1S/C15H20O2/c1-2-12-7-6-8-13(11-12)14(16)15(17)9-4-3-5-10-15/h6-8,11,17H,2-5,9-10H2,1H3. The lowest BCUT2D eigenvalue weighted by Crippen LogP contribution is -2.40. The number of carbonyl (C=O) groups excluding carboxylic acids is 1. The Morgan fingerprint density at radius 3 is 2.65 bits per heavy atom. The fraction of sp³-hybridized carbons (Fsp3) is 0.533. The number of ketones is 1. The predicted octanol–water partition coefficient (Wildman–Crippen LogP) is 3.13. The van der Waals surface area contributed by atoms with Crippen LogP contribution in [0.4, 0.5) is 0 Å². The van der Waals surface area contributed by atoms with E-state index in [0.717, 1.165) is 31.2 Å². The summed E-state index contributed by atoms with van der Waals surface area (Å²) in [5.41, 5.74) is 0.703. The van der Waals surface area contributed by atoms with Crippen molar-refractivity contribution in [2.24, 2.45) is 0 Å². The van der Waals surface area contributed by atoms with Crippen molar-refractivity contribution in [3.8, 4) is 0 Å². The number of hydrogen-bond donors (Lipinski definition) is 1. The summed E-state index contributed by atoms with van der Waals surface area (Å²) in [4.78, 5) is 12.3. The molecular formula is C15H20O2. The Morgan fingerprint density at radius 1 is 1.29 bits per heavy atom. The average Bonchev–Trinajstić information content (AvgIpc) is 2.39. The Bertz CT molecular complexity index is 403. The molecule has 1 fully saturated rings. The van der Waals surface area contributed by atoms with Crippen molar-refractivity contribution in [3.63, 3.8) is 0 Å². The van der Waals surface area contributed by atoms with Gasteiger partial charge in [0.2, 0.25) is 0 Å². The van der Waals surface area contributed by atoms with Crippen LogP contribution in [-0.2, 0) is 6.42 Å². The van der Waals surface area contributed by atoms with Gasteiger partial charge in [-0.05, 0) is 30.9 Å². The summed E-state index contributed by atoms with van der Waals surface area (Å²) < 4.78 is 0. The minimum Gasteiger partial charge on any atom is -0.382 e. The second-order valence-electron chi connectivity index (χ2n) is 4.98. The maximum Gasteiger partial charge on any atom is 0.194 e. The number of aryl methyl sites for hydroxylation is 1. The summed E-state index contributed by atoms with van der Waals surface area (Å²) in [7, 11) is 0. The highest BCUT2D eigenvalue weighted by Crippen LogP contribution is 2.31. The quantitative estimate of drug-likeness (QED) is 0.813. The maximum atomic E-state index is 12.3. The molecule has 0 aliphatic heterocycles. The monoisotopic (exact) mass is 232 g/mol. The Hall–Kier alpha value is -1.15. The van der Waals surface area contributed by atoms with Crippen LogP contribution in [0.15, 0.2) is 24.3 Å². The molecule has 0 atom stereocenters. The van der Waals surface area contributed by atoms with Crippen molar-refractivity contribution >= 4 is 5.78 Å². The minimum absolute atomic E-state index is 0.0903. The van der Waals surface area contributed by atoms with Gasteiger partial charge in [-0.25, -0.2) is 0 Å². The smallest absolute Gasteiger partial charge is 0.194 e. The lowest BCUT2D eigenvalue weighted by Gasteiger charge is -2.30. The molecule has 2 rings (SSSR count). The van der Waals surface area contributed by atoms with Crippen molar-refractivity contribution < 1.29 is 9.90 Å². The number of benzene rings is 1. The highest BCUT2D eigenvalue weighted by molar-refractivity contribution is 6.02. The van der Waals surface area contributed by atoms with Crippen LogP contribution in [-0.4, -0.2) is 16.5 Å². The van der Waals surface area contributed by atoms with Crippen molar-refractivity contribution in [1.29, 1.82) is 0 Å². The third-order valence-electron chi connectivity index (χ3n) is 3.70. The number of carbonyl (C=O) groups is 1. The molecule has 0 saturated heterocycles. The molecule has 2 heteroatoms. The van der Waals surface area contributed by atoms with Crippen molar-refractivity contribution in [3.05, 3.63) is 35.4 Å². The molecule has 92 valence electrons. The van der Waals surface area contributed by atoms with Crippen LogP contribution in [0.2, 0.25) is 0 Å². The lowest BCUT2D eigenvalue weighted by atomic mass is 9.79. The summed E-state index contributed by atoms with van der Waals surface area (Å²) in [5, 5.41) is 10.4. The number of hydrogen-bond acceptors (Lipinski definition) is 2. The second-order valence-corrected chi connectivity index (χ2v) is 4.98. The molecule has 0 heterocycles. The normalized spacial score (nSPS) is 18.9. The van der Waals surface area contributed by atoms with Crippen LogP contribution in [0.3, 0.4) is 0 Å². The third kappa shape index (κ3) is 2.58. The van der Waals surface area contributed by atoms with Crippen LogP contribution < -0.4 is 0 Å². The Labute approximate surface area is 103 Å². The zero-order valence-electron chi connectivity index (χ0n) is 10.4. The van der Waals surface area contributed by atoms with Crippen molar-refractivity contribution in [1.82, 2.24) is 0 Å². The molecule has 1 aromatic carbocycles. The molecule has 0 aromatic heterocycles. The zero-order valence-corrected chi connectivity index (χ0v) is 10.4. The van der Waals surface area contributed by atoms with Gasteiger partial charge in [0.15, 0.2) is 5.78 Å². The van der Waals surface area contributed by atoms with Gasteiger partial charge in [0.25, 0.3) is 0 Å². The molecule has 0 amide bonds. The van der Waals surface area contributed by atoms with E-state index >= 15 is 0 Å². The number of rotatable bonds is 3. The van der Waals surface area contributed by atoms with E-state index in [1.54, 1.807) is 0 Å². The maximum absolute atomic E-state index is 12.3. The Morgan fingerprint density at radius 2 is 2.00 bits per heavy atom. The first-order valence-electron chi connectivity index (χ1n) is 6.52. The van der Waals surface area contributed by atoms with E-state index in [1.807, 2.05) is 24.3 Å². The molecular weight excluding hydrogens is 212 g/mol. The van der Waals surface area contributed by atoms with Gasteiger partial charge in [0.05, 0.1) is 0 Å². The van der Waals surface area contributed by atoms with E-state index in [2.05, 4.69) is 6.92 Å². The van der Waals surface area contributed by atoms with E-state index in [1.165, 1.54) is 0 Å². The fourth-order valence-corrected chi connectivity index (χ4v) is 2.56. The molecule has 1 N–H and O–H groups in total. The topological polar surface area (TPSA) is 37.3 Å². The van der Waals surface area contributed by atoms with Crippen LogP contribution in [0.1, 0.15) is 54.9 Å². The van der Waals surface area contributed by atoms with E-state index in [9.17, 15) is 9.90 Å². The van der Waals surface area contributed by atoms with E-state index < -0.39 is 5.60 Å². The number of Topliss-reactive ketones (excluding diaryl/α,β-unsaturated/α-hetero) is 1. The molecule has 1 saturated carbocycles. The van der Waals surface area contributed by atoms with Gasteiger partial charge >= 0.3 is 0 Å². The molecule has 1 aliphatic rings. The molecule has 0 spiro atoms. The summed E-state index contributed by atoms with van der Waals surface area (Å²) in [5.74, 6) is -0.0903. The lowest BCUT2D eigenvalue weighted by molar-refractivity contribution is 0.0116. The zero-order chi connectivity index (χ0) is 12.3. The molecule has 0 unspecified atom stereocenters. The summed E-state index contributed by atoms with van der Waals surface area (Å²) in [6.07, 6.45) is 5.18. The molecule has 1 aromatic rings. The van der Waals surface area contributed by atoms with Crippen LogP contribution >= 0.6 is 0 Å². The third-order valence-corrected chi connectivity index (χ3v) is 3.70. The van der Waals surface area contributed by atoms with E-state index in [0.29, 0.717) is 18.4 Å². The molecule has 2 nitrogen and oxygen atoms in total. The fourth-order valence-electron chi connectivity index (χ4n) is 2.56. The van der Waals surface area contributed by atoms with Gasteiger partial charge in [-0.15, -0.1) is 0 Å². The van der Waals surface area contributed by atoms with Gasteiger partial charge < -0.3 is 5.11 Å². The Balaban J connectivity index is 2.23. The average molecular weight is 232 g/mol. The van der Waals surface area contributed by atoms with Gasteiger partial charge in [0, 0.05) is 5.56 Å². The van der Waals surface area contributed by atoms with E-state index in [-0.39, 0.29) is 5.78 Å². The van der Waals surface area contributed by atoms with Crippen molar-refractivity contribution in [2.45, 2.75) is 51.0 Å². The molecule has 17 heavy (non-hydrogen) atoms. The molecule has 0 radical (unpaired) electrons. The second kappa shape index (κ2) is 5.01. The van der Waals surface area contributed by atoms with Crippen LogP contribution in [0.25, 0.3) is 0 Å². The van der Waals surface area contributed by atoms with Gasteiger partial charge in [-0.2, -0.15) is 0 Å². The SMILES string of the molecule is CCc1cccc(C(=O)C2(O)CCCCC2)c1. The summed E-state index contributed by atoms with van der Waals surface area (Å²) >= 11 is 0. The summed E-state index contributed by atoms with van der Waals surface area (Å²) in [6, 6.07) is 7.64. The summed E-state index contributed by atoms with van der Waals surface area (Å²) in [6.45, 7) is 2.07. The minimum atomic E-state index is -1.11. The Kier molecular flexibility index (Phi) is 3.63. The van der Waals surface area contributed by atoms with Gasteiger partial charge in [0.1, 0.15) is 5.60 Å². The largest absolute Gasteiger partial charge is 0.382 e. The first kappa shape index (κ1) is 12.3. The van der Waals surface area contributed by atoms with E-state index in [4.69, 9.17) is 0 Å². The molecule has 1 aliphatic carbocycles. The highest BCUT2D eigenvalue weighted by atomic mass is 16.3.